The van der Waals surface area contributed by atoms with Crippen LogP contribution in [0.25, 0.3) is 0 Å². The molecule has 0 amide bonds. The van der Waals surface area contributed by atoms with Crippen molar-refractivity contribution < 1.29 is 353 Å². The van der Waals surface area contributed by atoms with Crippen LogP contribution in [-0.2, 0) is 0 Å². The van der Waals surface area contributed by atoms with Crippen LogP contribution in [0.1, 0.15) is 462 Å². The molecule has 6 bridgehead atoms. The zero-order valence-corrected chi connectivity index (χ0v) is 108. The summed E-state index contributed by atoms with van der Waals surface area (Å²) in [7, 11) is 0. The van der Waals surface area contributed by atoms with E-state index in [0.717, 1.165) is 507 Å². The van der Waals surface area contributed by atoms with E-state index in [4.69, 9.17) is 0 Å². The van der Waals surface area contributed by atoms with Crippen molar-refractivity contribution in [3.05, 3.63) is 0 Å². The topological polar surface area (TPSA) is 0 Å². The molecule has 11 fully saturated rings. The molecule has 8 heteroatoms. The van der Waals surface area contributed by atoms with E-state index in [9.17, 15) is 0 Å². The van der Waals surface area contributed by atoms with Crippen molar-refractivity contribution in [1.82, 2.24) is 0 Å². The van der Waals surface area contributed by atoms with Gasteiger partial charge in [0.15, 0.2) is 0 Å². The Morgan fingerprint density at radius 1 is 0.185 bits per heavy atom. The molecule has 2 saturated carbocycles. The van der Waals surface area contributed by atoms with Crippen molar-refractivity contribution in [1.29, 1.82) is 0 Å². The standard InChI is InChI=1S/2C10H18Xe.C10H20Xe.C9H16Xe.C9H18Xe.C8H16Xe.C7H14Xe.C6H12Xe.8C4H10.5C2H6/c1-7(2)8-5-9-3-4-10(6-8)11-9;1-7(2)10-8-3-4-9(10)6-11-5-8;1-9(2)10-5-3-7-11-8-4-6-10;1-6(2)9-4-8-3-7(9)5-10-8;1-8(2)9-4-3-6-10-7-5-9;1-7(2)8-3-5-9-6-4-8;1-6(2)7-3-4-8-5-7;1-5(2)6-3-7-4-6;8*1-4(2)3;5*1-2/h2*7-10H,3-6H2,1-2H3;9-10H,3-8H2,1-2H3;6-9H,3-5H2,1-2H3;8-9H,3-7H2,1-2H3;7-8H,3-6H2,1-2H3;6-7H,3-5H2,1-2H3;5-6H,3-4H2,1-2H3;8*4H,1-3H3;5*1-2H3. The Kier molecular flexibility index (Phi) is 139. The predicted octanol–water partition coefficient (Wildman–Crippen LogP) is 43.0. The van der Waals surface area contributed by atoms with Crippen molar-refractivity contribution >= 4 is 0 Å². The molecule has 0 nitrogen and oxygen atoms in total. The van der Waals surface area contributed by atoms with Gasteiger partial charge < -0.3 is 0 Å². The Labute approximate surface area is 964 Å². The Morgan fingerprint density at radius 2 is 0.445 bits per heavy atom. The molecule has 9 saturated heterocycles. The second-order valence-corrected chi connectivity index (χ2v) is 66.7. The van der Waals surface area contributed by atoms with Crippen LogP contribution in [0, 0.1) is 513 Å². The summed E-state index contributed by atoms with van der Waals surface area (Å²) in [6.07, 6.45) is 28.0. The van der Waals surface area contributed by atoms with Gasteiger partial charge in [0.1, 0.15) is 0 Å². The van der Waals surface area contributed by atoms with Gasteiger partial charge in [-0.15, -0.1) is 0 Å². The minimum atomic E-state index is 0.787. The van der Waals surface area contributed by atoms with Crippen LogP contribution in [0.4, 0.5) is 0 Å². The second kappa shape index (κ2) is 109. The number of rotatable bonds is 8. The molecule has 9 atom stereocenters. The fourth-order valence-corrected chi connectivity index (χ4v) is 40.6. The zero-order chi connectivity index (χ0) is 94.9. The van der Waals surface area contributed by atoms with Gasteiger partial charge in [0.2, 0.25) is 0 Å². The van der Waals surface area contributed by atoms with Gasteiger partial charge in [0, 0.05) is 0 Å². The fraction of sp³-hybridized carbons (Fsp3) is 1.00. The van der Waals surface area contributed by atoms with E-state index >= 15 is 0 Å². The maximum absolute atomic E-state index is 2.43. The van der Waals surface area contributed by atoms with E-state index in [0.29, 0.717) is 0 Å². The predicted molar refractivity (Wildman–Crippen MR) is 535 cm³/mol. The summed E-state index contributed by atoms with van der Waals surface area (Å²) in [6, 6.07) is 0. The number of fused-ring (bicyclic) bond motifs is 6. The molecule has 119 heavy (non-hydrogen) atoms. The van der Waals surface area contributed by atoms with Crippen molar-refractivity contribution in [3.63, 3.8) is 0 Å². The van der Waals surface area contributed by atoms with E-state index in [-0.39, 0.29) is 0 Å². The van der Waals surface area contributed by atoms with Crippen LogP contribution in [0.15, 0.2) is 0 Å². The number of hydrogen-bond donors (Lipinski definition) is 0. The summed E-state index contributed by atoms with van der Waals surface area (Å²) in [5, 5.41) is 0. The normalized spacial score (nSPS) is 24.6. The molecule has 0 radical (unpaired) electrons. The van der Waals surface area contributed by atoms with E-state index in [2.05, 4.69) is 277 Å². The summed E-state index contributed by atoms with van der Waals surface area (Å²) in [4.78, 5) is 0. The molecule has 11 rings (SSSR count). The van der Waals surface area contributed by atoms with Crippen LogP contribution in [0.2, 0.25) is 12.7 Å². The molecule has 0 spiro atoms. The van der Waals surface area contributed by atoms with Gasteiger partial charge in [-0.1, -0.05) is 235 Å². The minimum absolute atomic E-state index is 0.787. The SMILES string of the molecule is CC.CC.CC.CC.CC.CC(C)C.CC(C)C.CC(C)C.CC(C)C.CC(C)C.CC(C)C.CC(C)C.CC(C)C.CC(C)C1C2CCC1C[Xe]C2.CC(C)C1CC2CC1C[Xe]2.CC(C)C1CC2CCC(C1)[Xe]2.CC(C)C1CCC[Xe]CC1.CC(C)C1CCC[Xe]CCC1.CC(C)C1CC[Xe]C1.CC(C)C1CC[Xe]CC1.CC(C)C1C[Xe]C1. The number of hydrogen-bond acceptors (Lipinski definition) is 0. The van der Waals surface area contributed by atoms with E-state index in [1.165, 1.54) is 71.3 Å². The first kappa shape index (κ1) is 152. The molecule has 750 valence electrons. The molecule has 0 aromatic carbocycles. The quantitative estimate of drug-likeness (QED) is 0.227. The van der Waals surface area contributed by atoms with E-state index < -0.39 is 0 Å². The first-order valence-electron chi connectivity index (χ1n) is 51.8. The first-order valence-corrected chi connectivity index (χ1v) is 73.9. The van der Waals surface area contributed by atoms with Crippen molar-refractivity contribution in [2.24, 2.45) is 160 Å². The summed E-state index contributed by atoms with van der Waals surface area (Å²) in [6.45, 7) is 110. The van der Waals surface area contributed by atoms with Crippen LogP contribution in [0.5, 0.6) is 0 Å². The van der Waals surface area contributed by atoms with Crippen molar-refractivity contribution in [2.45, 2.75) is 474 Å². The van der Waals surface area contributed by atoms with Gasteiger partial charge in [0.05, 0.1) is 0 Å². The van der Waals surface area contributed by atoms with Crippen LogP contribution in [-0.4, -0.2) is 0 Å². The van der Waals surface area contributed by atoms with Crippen molar-refractivity contribution in [2.75, 3.05) is 0 Å². The Morgan fingerprint density at radius 3 is 0.647 bits per heavy atom. The zero-order valence-electron chi connectivity index (χ0n) is 92.1. The van der Waals surface area contributed by atoms with Gasteiger partial charge in [-0.05, 0) is 47.3 Å². The molecular formula is C111H242Xe8. The van der Waals surface area contributed by atoms with Crippen LogP contribution in [0.3, 0.4) is 0 Å². The third-order valence-corrected chi connectivity index (χ3v) is 45.3. The molecule has 0 aromatic heterocycles. The Balaban J connectivity index is -0.000000134. The summed E-state index contributed by atoms with van der Waals surface area (Å²) >= 11 is 6.52. The third-order valence-electron chi connectivity index (χ3n) is 20.0. The summed E-state index contributed by atoms with van der Waals surface area (Å²) in [5.74, 6) is 26.6. The summed E-state index contributed by atoms with van der Waals surface area (Å²) < 4.78 is 24.4. The molecule has 0 N–H and O–H groups in total. The average molecular weight is 2630 g/mol. The van der Waals surface area contributed by atoms with Crippen LogP contribution < -0.4 is 0 Å². The van der Waals surface area contributed by atoms with Gasteiger partial charge >= 0.3 is 705 Å². The molecule has 9 heterocycles. The van der Waals surface area contributed by atoms with Gasteiger partial charge in [-0.2, -0.15) is 0 Å². The first-order chi connectivity index (χ1) is 55.7. The average Bonchev–Trinajstić information content (AvgIpc) is 1.68. The van der Waals surface area contributed by atoms with Gasteiger partial charge in [-0.3, -0.25) is 0 Å². The van der Waals surface area contributed by atoms with Crippen LogP contribution >= 0.6 is 0 Å². The third kappa shape index (κ3) is 114. The fourth-order valence-electron chi connectivity index (χ4n) is 13.8. The monoisotopic (exact) mass is 2630 g/mol. The molecule has 9 unspecified atom stereocenters. The van der Waals surface area contributed by atoms with Gasteiger partial charge in [0.25, 0.3) is 0 Å². The molecule has 0 aromatic rings. The molecular weight excluding hydrogens is 2380 g/mol. The van der Waals surface area contributed by atoms with Crippen molar-refractivity contribution in [3.8, 4) is 0 Å². The molecule has 11 aliphatic rings. The molecule has 9 aliphatic heterocycles. The molecule has 2 aliphatic carbocycles. The van der Waals surface area contributed by atoms with E-state index in [1.54, 1.807) is 62.9 Å². The second-order valence-electron chi connectivity index (χ2n) is 42.2. The van der Waals surface area contributed by atoms with E-state index in [1.807, 2.05) is 69.2 Å². The Hall–Kier alpha value is 12.6. The Bertz CT molecular complexity index is 1670. The van der Waals surface area contributed by atoms with Gasteiger partial charge in [-0.25, -0.2) is 0 Å². The maximum atomic E-state index is 2.43. The summed E-state index contributed by atoms with van der Waals surface area (Å²) in [5.41, 5.74) is 0.